The van der Waals surface area contributed by atoms with Crippen LogP contribution in [-0.4, -0.2) is 5.97 Å². The number of carbonyl (C=O) groups is 1. The zero-order valence-corrected chi connectivity index (χ0v) is 13.7. The molecule has 2 atom stereocenters. The van der Waals surface area contributed by atoms with E-state index >= 15 is 0 Å². The summed E-state index contributed by atoms with van der Waals surface area (Å²) in [6.07, 6.45) is 9.40. The molecule has 0 bridgehead atoms. The van der Waals surface area contributed by atoms with E-state index in [1.807, 2.05) is 6.08 Å². The van der Waals surface area contributed by atoms with Crippen LogP contribution in [0.3, 0.4) is 0 Å². The molecule has 1 fully saturated rings. The van der Waals surface area contributed by atoms with Crippen LogP contribution in [0.15, 0.2) is 12.2 Å². The Morgan fingerprint density at radius 2 is 1.94 bits per heavy atom. The molecule has 92 valence electrons. The molecule has 2 unspecified atom stereocenters. The van der Waals surface area contributed by atoms with Crippen molar-refractivity contribution < 1.29 is 39.5 Å². The van der Waals surface area contributed by atoms with Gasteiger partial charge in [0, 0.05) is 0 Å². The Hall–Kier alpha value is 0.210. The fourth-order valence-corrected chi connectivity index (χ4v) is 2.69. The number of carboxylic acids is 1. The summed E-state index contributed by atoms with van der Waals surface area (Å²) in [4.78, 5) is 10.4. The van der Waals surface area contributed by atoms with Gasteiger partial charge in [-0.15, -0.1) is 0 Å². The second-order valence-electron chi connectivity index (χ2n) is 5.48. The third-order valence-corrected chi connectivity index (χ3v) is 3.95. The van der Waals surface area contributed by atoms with Crippen LogP contribution in [0.2, 0.25) is 0 Å². The molecular formula is C14H23NaO2. The molecule has 0 spiro atoms. The topological polar surface area (TPSA) is 40.1 Å². The first kappa shape index (κ1) is 17.2. The number of allylic oxidation sites excluding steroid dienone is 1. The number of carboxylic acid groups (broad SMARTS) is 1. The maximum Gasteiger partial charge on any atom is 1.00 e. The first-order chi connectivity index (χ1) is 7.50. The molecule has 3 heteroatoms. The van der Waals surface area contributed by atoms with Crippen molar-refractivity contribution >= 4 is 5.97 Å². The van der Waals surface area contributed by atoms with Crippen LogP contribution in [0.1, 0.15) is 52.9 Å². The number of hydrogen-bond donors (Lipinski definition) is 0. The van der Waals surface area contributed by atoms with Gasteiger partial charge in [-0.3, -0.25) is 0 Å². The summed E-state index contributed by atoms with van der Waals surface area (Å²) in [6.45, 7) is 6.66. The molecule has 0 heterocycles. The molecular weight excluding hydrogens is 223 g/mol. The van der Waals surface area contributed by atoms with Gasteiger partial charge in [-0.2, -0.15) is 0 Å². The van der Waals surface area contributed by atoms with Crippen LogP contribution in [0.5, 0.6) is 0 Å². The predicted octanol–water partition coefficient (Wildman–Crippen LogP) is -0.461. The molecule has 0 aromatic rings. The largest absolute Gasteiger partial charge is 1.00 e. The second-order valence-corrected chi connectivity index (χ2v) is 5.48. The Labute approximate surface area is 127 Å². The summed E-state index contributed by atoms with van der Waals surface area (Å²) in [5, 5.41) is 10.4. The van der Waals surface area contributed by atoms with Crippen molar-refractivity contribution in [2.24, 2.45) is 17.3 Å². The van der Waals surface area contributed by atoms with Gasteiger partial charge in [-0.1, -0.05) is 52.5 Å². The summed E-state index contributed by atoms with van der Waals surface area (Å²) >= 11 is 0. The van der Waals surface area contributed by atoms with Crippen molar-refractivity contribution in [1.29, 1.82) is 0 Å². The molecule has 1 aliphatic rings. The average Bonchev–Trinajstić information content (AvgIpc) is 2.72. The van der Waals surface area contributed by atoms with E-state index in [2.05, 4.69) is 20.8 Å². The van der Waals surface area contributed by atoms with E-state index < -0.39 is 5.97 Å². The monoisotopic (exact) mass is 246 g/mol. The van der Waals surface area contributed by atoms with Crippen molar-refractivity contribution in [2.45, 2.75) is 52.9 Å². The molecule has 0 N–H and O–H groups in total. The third-order valence-electron chi connectivity index (χ3n) is 3.95. The van der Waals surface area contributed by atoms with Crippen LogP contribution < -0.4 is 34.7 Å². The van der Waals surface area contributed by atoms with Gasteiger partial charge < -0.3 is 9.90 Å². The fourth-order valence-electron chi connectivity index (χ4n) is 2.69. The summed E-state index contributed by atoms with van der Waals surface area (Å²) in [7, 11) is 0. The number of unbranched alkanes of at least 4 members (excludes halogenated alkanes) is 3. The summed E-state index contributed by atoms with van der Waals surface area (Å²) < 4.78 is 0. The van der Waals surface area contributed by atoms with Crippen LogP contribution >= 0.6 is 0 Å². The quantitative estimate of drug-likeness (QED) is 0.346. The van der Waals surface area contributed by atoms with E-state index in [0.29, 0.717) is 11.8 Å². The zero-order valence-electron chi connectivity index (χ0n) is 11.7. The van der Waals surface area contributed by atoms with E-state index in [1.54, 1.807) is 0 Å². The second kappa shape index (κ2) is 7.60. The van der Waals surface area contributed by atoms with Crippen molar-refractivity contribution in [3.63, 3.8) is 0 Å². The number of aliphatic carboxylic acids is 1. The van der Waals surface area contributed by atoms with E-state index in [1.165, 1.54) is 38.2 Å². The molecule has 0 saturated heterocycles. The van der Waals surface area contributed by atoms with Crippen LogP contribution in [0, 0.1) is 17.3 Å². The Morgan fingerprint density at radius 1 is 1.29 bits per heavy atom. The molecule has 0 aromatic carbocycles. The Bertz CT molecular complexity index is 271. The minimum absolute atomic E-state index is 0. The summed E-state index contributed by atoms with van der Waals surface area (Å²) in [5.41, 5.74) is 0.290. The van der Waals surface area contributed by atoms with Crippen molar-refractivity contribution in [2.75, 3.05) is 0 Å². The summed E-state index contributed by atoms with van der Waals surface area (Å²) in [6, 6.07) is 0. The summed E-state index contributed by atoms with van der Waals surface area (Å²) in [5.74, 6) is 0.0272. The fraction of sp³-hybridized carbons (Fsp3) is 0.786. The predicted molar refractivity (Wildman–Crippen MR) is 63.7 cm³/mol. The van der Waals surface area contributed by atoms with E-state index in [-0.39, 0.29) is 35.0 Å². The molecule has 2 nitrogen and oxygen atoms in total. The molecule has 1 rings (SSSR count). The van der Waals surface area contributed by atoms with E-state index in [9.17, 15) is 9.90 Å². The number of hydrogen-bond acceptors (Lipinski definition) is 2. The maximum atomic E-state index is 10.4. The van der Waals surface area contributed by atoms with Crippen molar-refractivity contribution in [3.05, 3.63) is 12.2 Å². The molecule has 0 aliphatic heterocycles. The molecule has 1 aliphatic carbocycles. The molecule has 17 heavy (non-hydrogen) atoms. The van der Waals surface area contributed by atoms with Crippen molar-refractivity contribution in [1.82, 2.24) is 0 Å². The van der Waals surface area contributed by atoms with Gasteiger partial charge >= 0.3 is 29.6 Å². The van der Waals surface area contributed by atoms with Gasteiger partial charge in [0.05, 0.1) is 5.97 Å². The van der Waals surface area contributed by atoms with Gasteiger partial charge in [0.15, 0.2) is 0 Å². The van der Waals surface area contributed by atoms with Crippen molar-refractivity contribution in [3.8, 4) is 0 Å². The minimum Gasteiger partial charge on any atom is -0.545 e. The smallest absolute Gasteiger partial charge is 0.545 e. The van der Waals surface area contributed by atoms with E-state index in [0.717, 1.165) is 0 Å². The van der Waals surface area contributed by atoms with Gasteiger partial charge in [-0.05, 0) is 29.7 Å². The van der Waals surface area contributed by atoms with Crippen LogP contribution in [-0.2, 0) is 4.79 Å². The molecule has 0 aromatic heterocycles. The number of rotatable bonds is 7. The van der Waals surface area contributed by atoms with Gasteiger partial charge in [0.2, 0.25) is 0 Å². The molecule has 0 amide bonds. The number of carbonyl (C=O) groups excluding carboxylic acids is 1. The zero-order chi connectivity index (χ0) is 12.2. The Balaban J connectivity index is 0.00000256. The SMILES string of the molecule is CCCCCCC1C(C=CC(=O)[O-])C1(C)C.[Na+]. The molecule has 1 saturated carbocycles. The van der Waals surface area contributed by atoms with Crippen LogP contribution in [0.25, 0.3) is 0 Å². The third kappa shape index (κ3) is 5.15. The maximum absolute atomic E-state index is 10.4. The minimum atomic E-state index is -1.08. The Morgan fingerprint density at radius 3 is 2.47 bits per heavy atom. The first-order valence-electron chi connectivity index (χ1n) is 6.39. The van der Waals surface area contributed by atoms with Crippen LogP contribution in [0.4, 0.5) is 0 Å². The van der Waals surface area contributed by atoms with Gasteiger partial charge in [0.25, 0.3) is 0 Å². The Kier molecular flexibility index (Phi) is 7.70. The van der Waals surface area contributed by atoms with E-state index in [4.69, 9.17) is 0 Å². The molecule has 0 radical (unpaired) electrons. The normalized spacial score (nSPS) is 25.6. The first-order valence-corrected chi connectivity index (χ1v) is 6.39. The van der Waals surface area contributed by atoms with Gasteiger partial charge in [-0.25, -0.2) is 0 Å². The standard InChI is InChI=1S/C14H24O2.Na/c1-4-5-6-7-8-11-12(14(11,2)3)9-10-13(15)16;/h9-12H,4-8H2,1-3H3,(H,15,16);/q;+1/p-1. The van der Waals surface area contributed by atoms with Gasteiger partial charge in [0.1, 0.15) is 0 Å². The average molecular weight is 246 g/mol.